The monoisotopic (exact) mass is 236 g/mol. The van der Waals surface area contributed by atoms with Gasteiger partial charge in [-0.25, -0.2) is 4.79 Å². The van der Waals surface area contributed by atoms with Crippen LogP contribution in [0.15, 0.2) is 18.2 Å². The number of rotatable bonds is 4. The van der Waals surface area contributed by atoms with Crippen LogP contribution in [0.1, 0.15) is 29.3 Å². The maximum atomic E-state index is 11.8. The molecule has 1 amide bonds. The molecule has 92 valence electrons. The number of nitrogens with two attached hydrogens (primary N) is 1. The molecule has 1 aromatic carbocycles. The third-order valence-electron chi connectivity index (χ3n) is 2.55. The highest BCUT2D eigenvalue weighted by Crippen LogP contribution is 2.13. The van der Waals surface area contributed by atoms with Crippen molar-refractivity contribution in [2.75, 3.05) is 5.73 Å². The summed E-state index contributed by atoms with van der Waals surface area (Å²) in [7, 11) is 0. The van der Waals surface area contributed by atoms with Crippen molar-refractivity contribution in [2.24, 2.45) is 0 Å². The largest absolute Gasteiger partial charge is 0.480 e. The van der Waals surface area contributed by atoms with Crippen molar-refractivity contribution in [3.8, 4) is 0 Å². The van der Waals surface area contributed by atoms with E-state index in [2.05, 4.69) is 5.32 Å². The summed E-state index contributed by atoms with van der Waals surface area (Å²) in [5.74, 6) is -1.47. The molecule has 0 saturated heterocycles. The molecule has 0 aliphatic carbocycles. The van der Waals surface area contributed by atoms with Crippen LogP contribution in [0.25, 0.3) is 0 Å². The van der Waals surface area contributed by atoms with Crippen LogP contribution in [0.4, 0.5) is 5.69 Å². The predicted octanol–water partition coefficient (Wildman–Crippen LogP) is 1.17. The Morgan fingerprint density at radius 1 is 1.47 bits per heavy atom. The van der Waals surface area contributed by atoms with Gasteiger partial charge in [0, 0.05) is 11.3 Å². The summed E-state index contributed by atoms with van der Waals surface area (Å²) < 4.78 is 0. The van der Waals surface area contributed by atoms with Crippen molar-refractivity contribution in [1.82, 2.24) is 5.32 Å². The highest BCUT2D eigenvalue weighted by atomic mass is 16.4. The number of nitrogens with one attached hydrogen (secondary N) is 1. The number of hydrogen-bond donors (Lipinski definition) is 3. The Labute approximate surface area is 99.6 Å². The number of aryl methyl sites for hydroxylation is 1. The van der Waals surface area contributed by atoms with E-state index in [4.69, 9.17) is 10.8 Å². The molecule has 0 aromatic heterocycles. The van der Waals surface area contributed by atoms with E-state index in [1.807, 2.05) is 6.92 Å². The van der Waals surface area contributed by atoms with Gasteiger partial charge in [-0.2, -0.15) is 0 Å². The summed E-state index contributed by atoms with van der Waals surface area (Å²) in [5, 5.41) is 11.3. The van der Waals surface area contributed by atoms with Gasteiger partial charge in [0.25, 0.3) is 5.91 Å². The summed E-state index contributed by atoms with van der Waals surface area (Å²) in [6, 6.07) is 4.02. The number of hydrogen-bond acceptors (Lipinski definition) is 3. The maximum Gasteiger partial charge on any atom is 0.326 e. The fraction of sp³-hybridized carbons (Fsp3) is 0.333. The van der Waals surface area contributed by atoms with Crippen LogP contribution < -0.4 is 11.1 Å². The molecule has 5 heteroatoms. The van der Waals surface area contributed by atoms with Gasteiger partial charge in [0.05, 0.1) is 0 Å². The summed E-state index contributed by atoms with van der Waals surface area (Å²) in [6.07, 6.45) is 0.336. The molecule has 0 unspecified atom stereocenters. The summed E-state index contributed by atoms with van der Waals surface area (Å²) in [5.41, 5.74) is 7.45. The molecule has 0 fully saturated rings. The van der Waals surface area contributed by atoms with Gasteiger partial charge in [-0.1, -0.05) is 13.0 Å². The molecule has 0 spiro atoms. The number of carboxylic acids is 1. The van der Waals surface area contributed by atoms with E-state index in [1.54, 1.807) is 25.1 Å². The fourth-order valence-electron chi connectivity index (χ4n) is 1.36. The number of carbonyl (C=O) groups excluding carboxylic acids is 1. The highest BCUT2D eigenvalue weighted by molar-refractivity contribution is 5.97. The molecule has 1 aromatic rings. The Balaban J connectivity index is 2.82. The lowest BCUT2D eigenvalue weighted by molar-refractivity contribution is -0.139. The van der Waals surface area contributed by atoms with Gasteiger partial charge in [-0.05, 0) is 31.0 Å². The number of carboxylic acid groups (broad SMARTS) is 1. The minimum atomic E-state index is -1.04. The lowest BCUT2D eigenvalue weighted by Gasteiger charge is -2.12. The minimum absolute atomic E-state index is 0.336. The minimum Gasteiger partial charge on any atom is -0.480 e. The third kappa shape index (κ3) is 3.21. The maximum absolute atomic E-state index is 11.8. The summed E-state index contributed by atoms with van der Waals surface area (Å²) >= 11 is 0. The van der Waals surface area contributed by atoms with Crippen molar-refractivity contribution in [2.45, 2.75) is 26.3 Å². The van der Waals surface area contributed by atoms with Gasteiger partial charge >= 0.3 is 5.97 Å². The number of carbonyl (C=O) groups is 2. The number of aliphatic carboxylic acids is 1. The van der Waals surface area contributed by atoms with Crippen molar-refractivity contribution >= 4 is 17.6 Å². The van der Waals surface area contributed by atoms with E-state index < -0.39 is 17.9 Å². The van der Waals surface area contributed by atoms with Crippen molar-refractivity contribution in [3.05, 3.63) is 29.3 Å². The van der Waals surface area contributed by atoms with Crippen LogP contribution >= 0.6 is 0 Å². The molecule has 0 aliphatic heterocycles. The molecule has 0 bridgehead atoms. The molecule has 0 heterocycles. The first-order valence-corrected chi connectivity index (χ1v) is 5.35. The van der Waals surface area contributed by atoms with Crippen LogP contribution in [-0.2, 0) is 4.79 Å². The average Bonchev–Trinajstić information content (AvgIpc) is 2.28. The second-order valence-electron chi connectivity index (χ2n) is 3.84. The van der Waals surface area contributed by atoms with Crippen LogP contribution in [0.5, 0.6) is 0 Å². The Morgan fingerprint density at radius 3 is 2.59 bits per heavy atom. The lowest BCUT2D eigenvalue weighted by atomic mass is 10.1. The van der Waals surface area contributed by atoms with Crippen molar-refractivity contribution in [1.29, 1.82) is 0 Å². The zero-order valence-electron chi connectivity index (χ0n) is 9.86. The standard InChI is InChI=1S/C12H16N2O3/c1-3-10(12(16)17)14-11(15)8-5-4-7(2)9(13)6-8/h4-6,10H,3,13H2,1-2H3,(H,14,15)(H,16,17)/t10-/m1/s1. The Kier molecular flexibility index (Phi) is 4.09. The Hall–Kier alpha value is -2.04. The zero-order chi connectivity index (χ0) is 13.0. The normalized spacial score (nSPS) is 11.9. The molecule has 0 radical (unpaired) electrons. The number of anilines is 1. The van der Waals surface area contributed by atoms with Gasteiger partial charge in [0.15, 0.2) is 0 Å². The first-order valence-electron chi connectivity index (χ1n) is 5.35. The third-order valence-corrected chi connectivity index (χ3v) is 2.55. The van der Waals surface area contributed by atoms with E-state index in [9.17, 15) is 9.59 Å². The lowest BCUT2D eigenvalue weighted by Crippen LogP contribution is -2.40. The van der Waals surface area contributed by atoms with Gasteiger partial charge in [0.2, 0.25) is 0 Å². The molecule has 17 heavy (non-hydrogen) atoms. The topological polar surface area (TPSA) is 92.4 Å². The van der Waals surface area contributed by atoms with Crippen LogP contribution in [0.3, 0.4) is 0 Å². The van der Waals surface area contributed by atoms with Gasteiger partial charge in [-0.3, -0.25) is 4.79 Å². The van der Waals surface area contributed by atoms with Gasteiger partial charge in [-0.15, -0.1) is 0 Å². The van der Waals surface area contributed by atoms with Crippen LogP contribution in [-0.4, -0.2) is 23.0 Å². The number of benzene rings is 1. The first kappa shape index (κ1) is 13.0. The fourth-order valence-corrected chi connectivity index (χ4v) is 1.36. The van der Waals surface area contributed by atoms with Crippen molar-refractivity contribution < 1.29 is 14.7 Å². The quantitative estimate of drug-likeness (QED) is 0.684. The first-order chi connectivity index (χ1) is 7.95. The Bertz CT molecular complexity index is 443. The smallest absolute Gasteiger partial charge is 0.326 e. The molecule has 1 rings (SSSR count). The molecule has 4 N–H and O–H groups in total. The SMILES string of the molecule is CC[C@@H](NC(=O)c1ccc(C)c(N)c1)C(=O)O. The second kappa shape index (κ2) is 5.34. The number of amides is 1. The van der Waals surface area contributed by atoms with E-state index in [-0.39, 0.29) is 0 Å². The van der Waals surface area contributed by atoms with E-state index in [0.29, 0.717) is 17.7 Å². The average molecular weight is 236 g/mol. The second-order valence-corrected chi connectivity index (χ2v) is 3.84. The molecule has 0 aliphatic rings. The zero-order valence-corrected chi connectivity index (χ0v) is 9.86. The van der Waals surface area contributed by atoms with Gasteiger partial charge < -0.3 is 16.2 Å². The van der Waals surface area contributed by atoms with E-state index in [0.717, 1.165) is 5.56 Å². The predicted molar refractivity (Wildman–Crippen MR) is 64.8 cm³/mol. The highest BCUT2D eigenvalue weighted by Gasteiger charge is 2.18. The molecular weight excluding hydrogens is 220 g/mol. The van der Waals surface area contributed by atoms with Crippen molar-refractivity contribution in [3.63, 3.8) is 0 Å². The summed E-state index contributed by atoms with van der Waals surface area (Å²) in [4.78, 5) is 22.5. The van der Waals surface area contributed by atoms with Crippen LogP contribution in [0, 0.1) is 6.92 Å². The molecule has 5 nitrogen and oxygen atoms in total. The Morgan fingerprint density at radius 2 is 2.12 bits per heavy atom. The van der Waals surface area contributed by atoms with E-state index in [1.165, 1.54) is 0 Å². The number of nitrogen functional groups attached to an aromatic ring is 1. The molecular formula is C12H16N2O3. The van der Waals surface area contributed by atoms with Gasteiger partial charge in [0.1, 0.15) is 6.04 Å². The summed E-state index contributed by atoms with van der Waals surface area (Å²) in [6.45, 7) is 3.53. The van der Waals surface area contributed by atoms with Crippen LogP contribution in [0.2, 0.25) is 0 Å². The van der Waals surface area contributed by atoms with E-state index >= 15 is 0 Å². The molecule has 1 atom stereocenters. The molecule has 0 saturated carbocycles.